The molecule has 0 amide bonds. The minimum absolute atomic E-state index is 0.0491. The summed E-state index contributed by atoms with van der Waals surface area (Å²) >= 11 is 6.59. The highest BCUT2D eigenvalue weighted by atomic mass is 32.2. The summed E-state index contributed by atoms with van der Waals surface area (Å²) in [5.41, 5.74) is 6.90. The maximum atomic E-state index is 12.4. The largest absolute Gasteiger partial charge is 0.389 e. The second kappa shape index (κ2) is 7.40. The predicted octanol–water partition coefficient (Wildman–Crippen LogP) is 1.83. The highest BCUT2D eigenvalue weighted by Gasteiger charge is 2.24. The molecule has 0 spiro atoms. The van der Waals surface area contributed by atoms with Crippen LogP contribution in [0.2, 0.25) is 0 Å². The SMILES string of the molecule is CSCC(C)N(C)S(=O)(=O)Cc1ccccc1C(N)=S. The second-order valence-corrected chi connectivity index (χ2v) is 7.98. The van der Waals surface area contributed by atoms with E-state index in [-0.39, 0.29) is 16.8 Å². The zero-order valence-electron chi connectivity index (χ0n) is 11.9. The Kier molecular flexibility index (Phi) is 6.44. The summed E-state index contributed by atoms with van der Waals surface area (Å²) in [6.45, 7) is 1.90. The Morgan fingerprint density at radius 1 is 1.45 bits per heavy atom. The molecule has 0 aromatic heterocycles. The van der Waals surface area contributed by atoms with Crippen LogP contribution >= 0.6 is 24.0 Å². The van der Waals surface area contributed by atoms with E-state index in [1.807, 2.05) is 13.2 Å². The summed E-state index contributed by atoms with van der Waals surface area (Å²) in [4.78, 5) is 0.218. The molecular formula is C13H20N2O2S3. The number of nitrogens with zero attached hydrogens (tertiary/aromatic N) is 1. The predicted molar refractivity (Wildman–Crippen MR) is 90.6 cm³/mol. The van der Waals surface area contributed by atoms with E-state index in [0.29, 0.717) is 11.1 Å². The van der Waals surface area contributed by atoms with Gasteiger partial charge in [0.2, 0.25) is 10.0 Å². The number of hydrogen-bond donors (Lipinski definition) is 1. The Morgan fingerprint density at radius 2 is 2.05 bits per heavy atom. The van der Waals surface area contributed by atoms with Gasteiger partial charge in [-0.05, 0) is 18.7 Å². The molecule has 1 aromatic carbocycles. The molecule has 0 saturated heterocycles. The maximum absolute atomic E-state index is 12.4. The third-order valence-corrected chi connectivity index (χ3v) is 6.04. The number of nitrogens with two attached hydrogens (primary N) is 1. The quantitative estimate of drug-likeness (QED) is 0.772. The normalized spacial score (nSPS) is 13.4. The summed E-state index contributed by atoms with van der Waals surface area (Å²) in [6.07, 6.45) is 1.96. The summed E-state index contributed by atoms with van der Waals surface area (Å²) in [5.74, 6) is 0.669. The van der Waals surface area contributed by atoms with E-state index in [1.165, 1.54) is 4.31 Å². The molecule has 0 aliphatic rings. The van der Waals surface area contributed by atoms with Gasteiger partial charge >= 0.3 is 0 Å². The minimum Gasteiger partial charge on any atom is -0.389 e. The Hall–Kier alpha value is -0.630. The lowest BCUT2D eigenvalue weighted by Gasteiger charge is -2.24. The number of thioether (sulfide) groups is 1. The van der Waals surface area contributed by atoms with Crippen LogP contribution in [0.5, 0.6) is 0 Å². The molecule has 0 aliphatic heterocycles. The second-order valence-electron chi connectivity index (χ2n) is 4.60. The van der Waals surface area contributed by atoms with Crippen molar-refractivity contribution < 1.29 is 8.42 Å². The molecule has 1 atom stereocenters. The summed E-state index contributed by atoms with van der Waals surface area (Å²) < 4.78 is 26.3. The van der Waals surface area contributed by atoms with E-state index in [4.69, 9.17) is 18.0 Å². The molecule has 0 bridgehead atoms. The van der Waals surface area contributed by atoms with Crippen molar-refractivity contribution in [2.24, 2.45) is 5.73 Å². The first-order chi connectivity index (χ1) is 9.29. The molecule has 0 fully saturated rings. The molecule has 1 aromatic rings. The fraction of sp³-hybridized carbons (Fsp3) is 0.462. The number of sulfonamides is 1. The van der Waals surface area contributed by atoms with Crippen molar-refractivity contribution in [3.05, 3.63) is 35.4 Å². The van der Waals surface area contributed by atoms with Crippen LogP contribution in [0.1, 0.15) is 18.1 Å². The topological polar surface area (TPSA) is 63.4 Å². The van der Waals surface area contributed by atoms with E-state index in [9.17, 15) is 8.42 Å². The zero-order chi connectivity index (χ0) is 15.3. The summed E-state index contributed by atoms with van der Waals surface area (Å²) in [6, 6.07) is 7.03. The van der Waals surface area contributed by atoms with Gasteiger partial charge in [-0.25, -0.2) is 12.7 Å². The van der Waals surface area contributed by atoms with Gasteiger partial charge in [0, 0.05) is 24.4 Å². The van der Waals surface area contributed by atoms with Gasteiger partial charge in [0.15, 0.2) is 0 Å². The van der Waals surface area contributed by atoms with Crippen molar-refractivity contribution in [2.75, 3.05) is 19.1 Å². The standard InChI is InChI=1S/C13H20N2O2S3/c1-10(8-19-3)15(2)20(16,17)9-11-6-4-5-7-12(11)13(14)18/h4-7,10H,8-9H2,1-3H3,(H2,14,18). The molecule has 112 valence electrons. The molecule has 4 nitrogen and oxygen atoms in total. The monoisotopic (exact) mass is 332 g/mol. The molecule has 1 rings (SSSR count). The fourth-order valence-corrected chi connectivity index (χ4v) is 4.28. The zero-order valence-corrected chi connectivity index (χ0v) is 14.3. The van der Waals surface area contributed by atoms with E-state index in [1.54, 1.807) is 43.1 Å². The van der Waals surface area contributed by atoms with E-state index < -0.39 is 10.0 Å². The fourth-order valence-electron chi connectivity index (χ4n) is 1.81. The molecule has 7 heteroatoms. The van der Waals surface area contributed by atoms with Crippen LogP contribution in [0, 0.1) is 0 Å². The van der Waals surface area contributed by atoms with Gasteiger partial charge in [-0.2, -0.15) is 11.8 Å². The Labute approximate surface area is 130 Å². The molecule has 1 unspecified atom stereocenters. The molecule has 0 aliphatic carbocycles. The lowest BCUT2D eigenvalue weighted by Crippen LogP contribution is -2.37. The molecular weight excluding hydrogens is 312 g/mol. The van der Waals surface area contributed by atoms with Gasteiger partial charge in [0.25, 0.3) is 0 Å². The highest BCUT2D eigenvalue weighted by Crippen LogP contribution is 2.17. The van der Waals surface area contributed by atoms with Gasteiger partial charge in [-0.1, -0.05) is 36.5 Å². The number of thiocarbonyl (C=S) groups is 1. The van der Waals surface area contributed by atoms with Gasteiger partial charge in [0.1, 0.15) is 4.99 Å². The van der Waals surface area contributed by atoms with Crippen LogP contribution in [0.4, 0.5) is 0 Å². The van der Waals surface area contributed by atoms with Gasteiger partial charge in [-0.15, -0.1) is 0 Å². The number of benzene rings is 1. The van der Waals surface area contributed by atoms with Crippen LogP contribution in [0.25, 0.3) is 0 Å². The van der Waals surface area contributed by atoms with Crippen LogP contribution in [-0.2, 0) is 15.8 Å². The molecule has 0 saturated carbocycles. The van der Waals surface area contributed by atoms with Gasteiger partial charge < -0.3 is 5.73 Å². The first-order valence-corrected chi connectivity index (χ1v) is 9.53. The molecule has 2 N–H and O–H groups in total. The Morgan fingerprint density at radius 3 is 2.60 bits per heavy atom. The third kappa shape index (κ3) is 4.44. The average molecular weight is 333 g/mol. The van der Waals surface area contributed by atoms with Crippen molar-refractivity contribution in [2.45, 2.75) is 18.7 Å². The van der Waals surface area contributed by atoms with Crippen molar-refractivity contribution in [1.82, 2.24) is 4.31 Å². The average Bonchev–Trinajstić information content (AvgIpc) is 2.38. The lowest BCUT2D eigenvalue weighted by molar-refractivity contribution is 0.414. The molecule has 20 heavy (non-hydrogen) atoms. The van der Waals surface area contributed by atoms with E-state index in [0.717, 1.165) is 5.75 Å². The minimum atomic E-state index is -3.39. The third-order valence-electron chi connectivity index (χ3n) is 3.09. The van der Waals surface area contributed by atoms with Crippen molar-refractivity contribution in [3.63, 3.8) is 0 Å². The Balaban J connectivity index is 3.00. The first-order valence-electron chi connectivity index (χ1n) is 6.12. The Bertz CT molecular complexity index is 573. The van der Waals surface area contributed by atoms with Gasteiger partial charge in [-0.3, -0.25) is 0 Å². The van der Waals surface area contributed by atoms with Crippen molar-refractivity contribution in [3.8, 4) is 0 Å². The smallest absolute Gasteiger partial charge is 0.218 e. The number of rotatable bonds is 7. The van der Waals surface area contributed by atoms with Crippen LogP contribution in [0.3, 0.4) is 0 Å². The van der Waals surface area contributed by atoms with Crippen molar-refractivity contribution in [1.29, 1.82) is 0 Å². The highest BCUT2D eigenvalue weighted by molar-refractivity contribution is 7.98. The summed E-state index contributed by atoms with van der Waals surface area (Å²) in [7, 11) is -1.78. The van der Waals surface area contributed by atoms with Crippen LogP contribution in [-0.4, -0.2) is 42.8 Å². The van der Waals surface area contributed by atoms with E-state index >= 15 is 0 Å². The molecule has 0 radical (unpaired) electrons. The number of hydrogen-bond acceptors (Lipinski definition) is 4. The first kappa shape index (κ1) is 17.4. The van der Waals surface area contributed by atoms with Crippen LogP contribution in [0.15, 0.2) is 24.3 Å². The maximum Gasteiger partial charge on any atom is 0.218 e. The summed E-state index contributed by atoms with van der Waals surface area (Å²) in [5, 5.41) is 0. The lowest BCUT2D eigenvalue weighted by atomic mass is 10.1. The van der Waals surface area contributed by atoms with Crippen molar-refractivity contribution >= 4 is 39.0 Å². The molecule has 0 heterocycles. The van der Waals surface area contributed by atoms with Crippen LogP contribution < -0.4 is 5.73 Å². The van der Waals surface area contributed by atoms with Gasteiger partial charge in [0.05, 0.1) is 5.75 Å². The van der Waals surface area contributed by atoms with E-state index in [2.05, 4.69) is 0 Å².